The molecule has 0 aliphatic heterocycles. The topological polar surface area (TPSA) is 102 Å². The molecule has 0 amide bonds. The molecule has 0 atom stereocenters. The van der Waals surface area contributed by atoms with E-state index in [0.29, 0.717) is 18.1 Å². The number of aryl methyl sites for hydroxylation is 1. The van der Waals surface area contributed by atoms with Gasteiger partial charge >= 0.3 is 0 Å². The molecule has 2 aromatic rings. The highest BCUT2D eigenvalue weighted by atomic mass is 32.2. The summed E-state index contributed by atoms with van der Waals surface area (Å²) in [5, 5.41) is 7.11. The van der Waals surface area contributed by atoms with Crippen LogP contribution in [0, 0.1) is 0 Å². The fourth-order valence-corrected chi connectivity index (χ4v) is 2.68. The van der Waals surface area contributed by atoms with Crippen LogP contribution in [0.2, 0.25) is 0 Å². The van der Waals surface area contributed by atoms with Crippen LogP contribution in [-0.4, -0.2) is 25.2 Å². The molecule has 0 radical (unpaired) electrons. The number of anilines is 2. The molecule has 0 saturated carbocycles. The van der Waals surface area contributed by atoms with E-state index in [1.165, 1.54) is 7.05 Å². The molecule has 0 bridgehead atoms. The van der Waals surface area contributed by atoms with Gasteiger partial charge in [0, 0.05) is 19.2 Å². The summed E-state index contributed by atoms with van der Waals surface area (Å²) in [6, 6.07) is 6.69. The standard InChI is InChI=1S/C12H17N5O2S/c1-14-20(18,19)11-6-4-3-5-10(11)15-7-9-8-16-17(2)12(9)13/h3-6,8,14-15H,7,13H2,1-2H3. The van der Waals surface area contributed by atoms with Gasteiger partial charge in [0.25, 0.3) is 0 Å². The molecule has 0 aliphatic carbocycles. The second-order valence-corrected chi connectivity index (χ2v) is 6.09. The maximum atomic E-state index is 11.9. The first-order valence-electron chi connectivity index (χ1n) is 5.98. The Labute approximate surface area is 117 Å². The van der Waals surface area contributed by atoms with Crippen LogP contribution in [0.3, 0.4) is 0 Å². The number of aromatic nitrogens is 2. The Morgan fingerprint density at radius 3 is 2.65 bits per heavy atom. The molecule has 4 N–H and O–H groups in total. The molecule has 1 heterocycles. The molecule has 0 unspecified atom stereocenters. The van der Waals surface area contributed by atoms with Gasteiger partial charge in [-0.3, -0.25) is 4.68 Å². The lowest BCUT2D eigenvalue weighted by atomic mass is 10.3. The van der Waals surface area contributed by atoms with E-state index in [4.69, 9.17) is 5.73 Å². The molecular weight excluding hydrogens is 278 g/mol. The Morgan fingerprint density at radius 2 is 2.05 bits per heavy atom. The van der Waals surface area contributed by atoms with E-state index in [1.807, 2.05) is 0 Å². The highest BCUT2D eigenvalue weighted by Crippen LogP contribution is 2.21. The third kappa shape index (κ3) is 2.75. The molecule has 0 fully saturated rings. The lowest BCUT2D eigenvalue weighted by Gasteiger charge is -2.11. The maximum absolute atomic E-state index is 11.9. The quantitative estimate of drug-likeness (QED) is 0.746. The van der Waals surface area contributed by atoms with Gasteiger partial charge in [0.05, 0.1) is 11.9 Å². The largest absolute Gasteiger partial charge is 0.384 e. The minimum atomic E-state index is -3.50. The summed E-state index contributed by atoms with van der Waals surface area (Å²) >= 11 is 0. The smallest absolute Gasteiger partial charge is 0.242 e. The molecule has 8 heteroatoms. The first kappa shape index (κ1) is 14.4. The number of rotatable bonds is 5. The first-order valence-corrected chi connectivity index (χ1v) is 7.47. The lowest BCUT2D eigenvalue weighted by molar-refractivity contribution is 0.588. The molecule has 0 aliphatic rings. The van der Waals surface area contributed by atoms with Crippen molar-refractivity contribution in [3.63, 3.8) is 0 Å². The number of nitrogens with zero attached hydrogens (tertiary/aromatic N) is 2. The van der Waals surface area contributed by atoms with Crippen molar-refractivity contribution in [2.75, 3.05) is 18.1 Å². The number of para-hydroxylation sites is 1. The van der Waals surface area contributed by atoms with Crippen LogP contribution in [0.25, 0.3) is 0 Å². The molecule has 20 heavy (non-hydrogen) atoms. The average molecular weight is 295 g/mol. The summed E-state index contributed by atoms with van der Waals surface area (Å²) in [4.78, 5) is 0.199. The second kappa shape index (κ2) is 5.51. The van der Waals surface area contributed by atoms with Crippen molar-refractivity contribution in [2.24, 2.45) is 7.05 Å². The number of hydrogen-bond donors (Lipinski definition) is 3. The van der Waals surface area contributed by atoms with Crippen molar-refractivity contribution >= 4 is 21.5 Å². The van der Waals surface area contributed by atoms with Crippen LogP contribution in [0.4, 0.5) is 11.5 Å². The molecule has 1 aromatic carbocycles. The van der Waals surface area contributed by atoms with Crippen LogP contribution >= 0.6 is 0 Å². The van der Waals surface area contributed by atoms with E-state index in [1.54, 1.807) is 42.2 Å². The molecule has 1 aromatic heterocycles. The Morgan fingerprint density at radius 1 is 1.35 bits per heavy atom. The summed E-state index contributed by atoms with van der Waals surface area (Å²) in [5.74, 6) is 0.548. The van der Waals surface area contributed by atoms with Crippen molar-refractivity contribution in [3.05, 3.63) is 36.0 Å². The van der Waals surface area contributed by atoms with Crippen molar-refractivity contribution in [1.29, 1.82) is 0 Å². The predicted octanol–water partition coefficient (Wildman–Crippen LogP) is 0.522. The third-order valence-electron chi connectivity index (χ3n) is 2.98. The van der Waals surface area contributed by atoms with Crippen molar-refractivity contribution in [2.45, 2.75) is 11.4 Å². The van der Waals surface area contributed by atoms with Gasteiger partial charge < -0.3 is 11.1 Å². The lowest BCUT2D eigenvalue weighted by Crippen LogP contribution is -2.20. The Bertz CT molecular complexity index is 708. The zero-order valence-corrected chi connectivity index (χ0v) is 12.1. The van der Waals surface area contributed by atoms with Crippen molar-refractivity contribution < 1.29 is 8.42 Å². The third-order valence-corrected chi connectivity index (χ3v) is 4.45. The average Bonchev–Trinajstić information content (AvgIpc) is 2.77. The van der Waals surface area contributed by atoms with Gasteiger partial charge in [-0.15, -0.1) is 0 Å². The minimum absolute atomic E-state index is 0.199. The van der Waals surface area contributed by atoms with Crippen molar-refractivity contribution in [3.8, 4) is 0 Å². The van der Waals surface area contributed by atoms with Crippen LogP contribution in [0.5, 0.6) is 0 Å². The number of nitrogens with two attached hydrogens (primary N) is 1. The zero-order valence-electron chi connectivity index (χ0n) is 11.3. The highest BCUT2D eigenvalue weighted by Gasteiger charge is 2.16. The van der Waals surface area contributed by atoms with Gasteiger partial charge in [0.15, 0.2) is 0 Å². The van der Waals surface area contributed by atoms with Gasteiger partial charge in [-0.25, -0.2) is 13.1 Å². The molecule has 2 rings (SSSR count). The minimum Gasteiger partial charge on any atom is -0.384 e. The van der Waals surface area contributed by atoms with Crippen molar-refractivity contribution in [1.82, 2.24) is 14.5 Å². The summed E-state index contributed by atoms with van der Waals surface area (Å²) in [7, 11) is -0.374. The van der Waals surface area contributed by atoms with Gasteiger partial charge in [-0.2, -0.15) is 5.10 Å². The Kier molecular flexibility index (Phi) is 3.96. The monoisotopic (exact) mass is 295 g/mol. The fraction of sp³-hybridized carbons (Fsp3) is 0.250. The van der Waals surface area contributed by atoms with Gasteiger partial charge in [-0.1, -0.05) is 12.1 Å². The summed E-state index contributed by atoms with van der Waals surface area (Å²) < 4.78 is 27.7. The molecule has 7 nitrogen and oxygen atoms in total. The van der Waals surface area contributed by atoms with Crippen LogP contribution < -0.4 is 15.8 Å². The van der Waals surface area contributed by atoms with E-state index in [2.05, 4.69) is 15.1 Å². The van der Waals surface area contributed by atoms with Crippen LogP contribution in [0.1, 0.15) is 5.56 Å². The maximum Gasteiger partial charge on any atom is 0.242 e. The van der Waals surface area contributed by atoms with E-state index in [9.17, 15) is 8.42 Å². The van der Waals surface area contributed by atoms with E-state index < -0.39 is 10.0 Å². The number of nitrogen functional groups attached to an aromatic ring is 1. The first-order chi connectivity index (χ1) is 9.45. The van der Waals surface area contributed by atoms with Gasteiger partial charge in [-0.05, 0) is 19.2 Å². The van der Waals surface area contributed by atoms with Crippen LogP contribution in [0.15, 0.2) is 35.4 Å². The number of hydrogen-bond acceptors (Lipinski definition) is 5. The van der Waals surface area contributed by atoms with E-state index in [-0.39, 0.29) is 4.90 Å². The predicted molar refractivity (Wildman–Crippen MR) is 77.6 cm³/mol. The van der Waals surface area contributed by atoms with E-state index in [0.717, 1.165) is 5.56 Å². The number of benzene rings is 1. The van der Waals surface area contributed by atoms with Gasteiger partial charge in [0.2, 0.25) is 10.0 Å². The normalized spacial score (nSPS) is 11.5. The zero-order chi connectivity index (χ0) is 14.8. The summed E-state index contributed by atoms with van der Waals surface area (Å²) in [6.45, 7) is 0.399. The summed E-state index contributed by atoms with van der Waals surface area (Å²) in [6.07, 6.45) is 1.65. The van der Waals surface area contributed by atoms with E-state index >= 15 is 0 Å². The molecule has 0 spiro atoms. The number of nitrogens with one attached hydrogen (secondary N) is 2. The molecule has 108 valence electrons. The molecule has 0 saturated heterocycles. The van der Waals surface area contributed by atoms with Gasteiger partial charge in [0.1, 0.15) is 10.7 Å². The highest BCUT2D eigenvalue weighted by molar-refractivity contribution is 7.89. The molecular formula is C12H17N5O2S. The second-order valence-electron chi connectivity index (χ2n) is 4.24. The number of sulfonamides is 1. The SMILES string of the molecule is CNS(=O)(=O)c1ccccc1NCc1cnn(C)c1N. The fourth-order valence-electron chi connectivity index (χ4n) is 1.78. The van der Waals surface area contributed by atoms with Crippen LogP contribution in [-0.2, 0) is 23.6 Å². The Hall–Kier alpha value is -2.06. The Balaban J connectivity index is 2.25. The summed E-state index contributed by atoms with van der Waals surface area (Å²) in [5.41, 5.74) is 7.17.